The third kappa shape index (κ3) is 5.67. The Hall–Kier alpha value is -4.27. The number of carbonyl (C=O) groups excluding carboxylic acids is 1. The number of benzene rings is 3. The van der Waals surface area contributed by atoms with Gasteiger partial charge in [-0.3, -0.25) is 4.79 Å². The van der Waals surface area contributed by atoms with Crippen LogP contribution < -0.4 is 0 Å². The lowest BCUT2D eigenvalue weighted by Gasteiger charge is -2.37. The molecule has 0 spiro atoms. The summed E-state index contributed by atoms with van der Waals surface area (Å²) in [5, 5.41) is 9.89. The SMILES string of the molecule is CCN(CC)C1CCN(C(=O)Cn2c(-c3ccc(-c4ccccc4F)cc3)c(-c3ccccc3)c3sc(C(=O)O)cc32)CC1. The molecule has 3 aromatic carbocycles. The minimum absolute atomic E-state index is 0.0202. The number of carbonyl (C=O) groups is 2. The second-order valence-corrected chi connectivity index (χ2v) is 12.2. The number of thiophene rings is 1. The molecule has 6 rings (SSSR count). The van der Waals surface area contributed by atoms with Crippen molar-refractivity contribution in [2.24, 2.45) is 0 Å². The van der Waals surface area contributed by atoms with Crippen LogP contribution in [0.15, 0.2) is 84.9 Å². The number of fused-ring (bicyclic) bond motifs is 1. The molecule has 226 valence electrons. The number of aromatic nitrogens is 1. The molecular formula is C36H36FN3O3S. The number of likely N-dealkylation sites (tertiary alicyclic amines) is 1. The first-order chi connectivity index (χ1) is 21.4. The zero-order chi connectivity index (χ0) is 30.8. The van der Waals surface area contributed by atoms with Crippen LogP contribution in [-0.4, -0.2) is 63.6 Å². The molecule has 5 aromatic rings. The summed E-state index contributed by atoms with van der Waals surface area (Å²) in [6, 6.07) is 26.5. The molecule has 0 atom stereocenters. The number of amides is 1. The third-order valence-electron chi connectivity index (χ3n) is 8.79. The van der Waals surface area contributed by atoms with Crippen LogP contribution in [0.2, 0.25) is 0 Å². The standard InChI is InChI=1S/C36H36FN3O3S/c1-3-38(4-2)27-18-20-39(21-19-27)32(41)23-40-30-22-31(36(42)43)44-35(30)33(25-10-6-5-7-11-25)34(40)26-16-14-24(15-17-26)28-12-8-9-13-29(28)37/h5-17,22,27H,3-4,18-21,23H2,1-2H3,(H,42,43). The van der Waals surface area contributed by atoms with Gasteiger partial charge in [-0.05, 0) is 54.8 Å². The largest absolute Gasteiger partial charge is 0.477 e. The lowest BCUT2D eigenvalue weighted by molar-refractivity contribution is -0.133. The molecule has 1 aliphatic heterocycles. The highest BCUT2D eigenvalue weighted by Gasteiger charge is 2.29. The first-order valence-electron chi connectivity index (χ1n) is 15.2. The lowest BCUT2D eigenvalue weighted by Crippen LogP contribution is -2.47. The second-order valence-electron chi connectivity index (χ2n) is 11.2. The van der Waals surface area contributed by atoms with Crippen LogP contribution in [0, 0.1) is 5.82 Å². The van der Waals surface area contributed by atoms with Crippen LogP contribution in [-0.2, 0) is 11.3 Å². The molecule has 1 amide bonds. The lowest BCUT2D eigenvalue weighted by atomic mass is 9.98. The van der Waals surface area contributed by atoms with Crippen LogP contribution in [0.5, 0.6) is 0 Å². The monoisotopic (exact) mass is 609 g/mol. The maximum atomic E-state index is 14.6. The predicted octanol–water partition coefficient (Wildman–Crippen LogP) is 7.87. The fourth-order valence-electron chi connectivity index (χ4n) is 6.53. The van der Waals surface area contributed by atoms with Crippen molar-refractivity contribution in [1.82, 2.24) is 14.4 Å². The van der Waals surface area contributed by atoms with Crippen LogP contribution in [0.1, 0.15) is 36.4 Å². The number of hydrogen-bond acceptors (Lipinski definition) is 4. The number of carboxylic acid groups (broad SMARTS) is 1. The number of halogens is 1. The molecule has 3 heterocycles. The molecule has 0 bridgehead atoms. The summed E-state index contributed by atoms with van der Waals surface area (Å²) in [6.45, 7) is 7.86. The molecule has 1 N–H and O–H groups in total. The van der Waals surface area contributed by atoms with E-state index in [9.17, 15) is 19.1 Å². The van der Waals surface area contributed by atoms with Crippen molar-refractivity contribution in [2.45, 2.75) is 39.3 Å². The van der Waals surface area contributed by atoms with E-state index in [0.717, 1.165) is 64.1 Å². The average Bonchev–Trinajstić information content (AvgIpc) is 3.61. The van der Waals surface area contributed by atoms with Crippen molar-refractivity contribution in [2.75, 3.05) is 26.2 Å². The van der Waals surface area contributed by atoms with Crippen LogP contribution in [0.4, 0.5) is 4.39 Å². The Balaban J connectivity index is 1.44. The quantitative estimate of drug-likeness (QED) is 0.185. The van der Waals surface area contributed by atoms with Gasteiger partial charge in [0.2, 0.25) is 5.91 Å². The van der Waals surface area contributed by atoms with Crippen molar-refractivity contribution < 1.29 is 19.1 Å². The van der Waals surface area contributed by atoms with Crippen molar-refractivity contribution in [3.05, 3.63) is 95.6 Å². The summed E-state index contributed by atoms with van der Waals surface area (Å²) < 4.78 is 17.4. The summed E-state index contributed by atoms with van der Waals surface area (Å²) in [5.41, 5.74) is 5.56. The van der Waals surface area contributed by atoms with E-state index in [1.54, 1.807) is 18.2 Å². The van der Waals surface area contributed by atoms with E-state index in [4.69, 9.17) is 0 Å². The summed E-state index contributed by atoms with van der Waals surface area (Å²) in [5.74, 6) is -1.25. The molecule has 8 heteroatoms. The second kappa shape index (κ2) is 12.8. The van der Waals surface area contributed by atoms with E-state index in [2.05, 4.69) is 18.7 Å². The molecule has 44 heavy (non-hydrogen) atoms. The van der Waals surface area contributed by atoms with E-state index in [1.807, 2.05) is 70.1 Å². The number of aromatic carboxylic acids is 1. The fourth-order valence-corrected chi connectivity index (χ4v) is 7.59. The van der Waals surface area contributed by atoms with Gasteiger partial charge in [0.15, 0.2) is 0 Å². The Morgan fingerprint density at radius 2 is 1.52 bits per heavy atom. The van der Waals surface area contributed by atoms with Crippen molar-refractivity contribution in [3.8, 4) is 33.5 Å². The number of piperidine rings is 1. The molecule has 6 nitrogen and oxygen atoms in total. The summed E-state index contributed by atoms with van der Waals surface area (Å²) in [4.78, 5) is 30.6. The summed E-state index contributed by atoms with van der Waals surface area (Å²) >= 11 is 1.23. The smallest absolute Gasteiger partial charge is 0.345 e. The maximum Gasteiger partial charge on any atom is 0.345 e. The third-order valence-corrected chi connectivity index (χ3v) is 9.92. The van der Waals surface area contributed by atoms with Gasteiger partial charge >= 0.3 is 5.97 Å². The van der Waals surface area contributed by atoms with Crippen LogP contribution in [0.25, 0.3) is 43.7 Å². The van der Waals surface area contributed by atoms with Gasteiger partial charge in [0.25, 0.3) is 0 Å². The van der Waals surface area contributed by atoms with Gasteiger partial charge < -0.3 is 19.5 Å². The van der Waals surface area contributed by atoms with Gasteiger partial charge in [0.05, 0.1) is 15.9 Å². The zero-order valence-electron chi connectivity index (χ0n) is 25.0. The van der Waals surface area contributed by atoms with Gasteiger partial charge in [-0.25, -0.2) is 9.18 Å². The van der Waals surface area contributed by atoms with Gasteiger partial charge in [0, 0.05) is 30.3 Å². The Bertz CT molecular complexity index is 1780. The topological polar surface area (TPSA) is 65.8 Å². The minimum Gasteiger partial charge on any atom is -0.477 e. The Labute approximate surface area is 261 Å². The summed E-state index contributed by atoms with van der Waals surface area (Å²) in [7, 11) is 0. The van der Waals surface area contributed by atoms with Crippen molar-refractivity contribution in [3.63, 3.8) is 0 Å². The van der Waals surface area contributed by atoms with E-state index in [0.29, 0.717) is 24.7 Å². The number of hydrogen-bond donors (Lipinski definition) is 1. The number of nitrogens with zero attached hydrogens (tertiary/aromatic N) is 3. The van der Waals surface area contributed by atoms with Gasteiger partial charge in [0.1, 0.15) is 17.2 Å². The minimum atomic E-state index is -0.989. The highest BCUT2D eigenvalue weighted by atomic mass is 32.1. The predicted molar refractivity (Wildman–Crippen MR) is 176 cm³/mol. The molecule has 1 aliphatic rings. The normalized spacial score (nSPS) is 14.0. The molecule has 0 aliphatic carbocycles. The van der Waals surface area contributed by atoms with Crippen molar-refractivity contribution >= 4 is 33.4 Å². The Morgan fingerprint density at radius 1 is 0.886 bits per heavy atom. The van der Waals surface area contributed by atoms with Crippen LogP contribution >= 0.6 is 11.3 Å². The fraction of sp³-hybridized carbons (Fsp3) is 0.278. The molecule has 1 saturated heterocycles. The summed E-state index contributed by atoms with van der Waals surface area (Å²) in [6.07, 6.45) is 1.88. The maximum absolute atomic E-state index is 14.6. The zero-order valence-corrected chi connectivity index (χ0v) is 25.8. The average molecular weight is 610 g/mol. The first kappa shape index (κ1) is 29.8. The molecule has 0 saturated carbocycles. The molecule has 0 radical (unpaired) electrons. The van der Waals surface area contributed by atoms with Gasteiger partial charge in [-0.1, -0.05) is 86.6 Å². The Kier molecular flexibility index (Phi) is 8.64. The first-order valence-corrected chi connectivity index (χ1v) is 16.0. The highest BCUT2D eigenvalue weighted by Crippen LogP contribution is 2.45. The highest BCUT2D eigenvalue weighted by molar-refractivity contribution is 7.21. The number of rotatable bonds is 9. The van der Waals surface area contributed by atoms with Crippen LogP contribution in [0.3, 0.4) is 0 Å². The van der Waals surface area contributed by atoms with Gasteiger partial charge in [-0.2, -0.15) is 0 Å². The van der Waals surface area contributed by atoms with E-state index < -0.39 is 5.97 Å². The van der Waals surface area contributed by atoms with Crippen molar-refractivity contribution in [1.29, 1.82) is 0 Å². The molecule has 2 aromatic heterocycles. The number of carboxylic acids is 1. The van der Waals surface area contributed by atoms with E-state index in [1.165, 1.54) is 17.4 Å². The Morgan fingerprint density at radius 3 is 2.16 bits per heavy atom. The molecule has 1 fully saturated rings. The van der Waals surface area contributed by atoms with E-state index in [-0.39, 0.29) is 23.1 Å². The van der Waals surface area contributed by atoms with E-state index >= 15 is 0 Å². The molecule has 0 unspecified atom stereocenters. The molecular weight excluding hydrogens is 573 g/mol. The van der Waals surface area contributed by atoms with Gasteiger partial charge in [-0.15, -0.1) is 11.3 Å².